The Morgan fingerprint density at radius 3 is 2.56 bits per heavy atom. The van der Waals surface area contributed by atoms with Gasteiger partial charge in [0.1, 0.15) is 6.10 Å². The average Bonchev–Trinajstić information content (AvgIpc) is 2.32. The fourth-order valence-corrected chi connectivity index (χ4v) is 2.41. The molecule has 0 aromatic heterocycles. The predicted octanol–water partition coefficient (Wildman–Crippen LogP) is -1.31. The minimum Gasteiger partial charge on any atom is -0.395 e. The smallest absolute Gasteiger partial charge is 0.217 e. The number of carbonyl (C=O) groups is 1. The topological polar surface area (TPSA) is 93.0 Å². The first-order chi connectivity index (χ1) is 8.51. The monoisotopic (exact) mass is 260 g/mol. The molecule has 0 spiro atoms. The highest BCUT2D eigenvalue weighted by molar-refractivity contribution is 5.73. The Kier molecular flexibility index (Phi) is 6.01. The van der Waals surface area contributed by atoms with E-state index >= 15 is 0 Å². The van der Waals surface area contributed by atoms with Gasteiger partial charge in [0.05, 0.1) is 24.8 Å². The van der Waals surface area contributed by atoms with E-state index in [2.05, 4.69) is 12.2 Å². The summed E-state index contributed by atoms with van der Waals surface area (Å²) in [5.41, 5.74) is 0. The van der Waals surface area contributed by atoms with Crippen LogP contribution in [0.4, 0.5) is 0 Å². The van der Waals surface area contributed by atoms with Crippen LogP contribution in [0, 0.1) is 0 Å². The van der Waals surface area contributed by atoms with Gasteiger partial charge in [-0.15, -0.1) is 0 Å². The van der Waals surface area contributed by atoms with Crippen LogP contribution in [-0.2, 0) is 4.79 Å². The van der Waals surface area contributed by atoms with Crippen molar-refractivity contribution in [1.82, 2.24) is 10.2 Å². The fraction of sp³-hybridized carbons (Fsp3) is 0.917. The number of aliphatic hydroxyl groups excluding tert-OH is 3. The van der Waals surface area contributed by atoms with E-state index in [1.54, 1.807) is 0 Å². The zero-order valence-electron chi connectivity index (χ0n) is 11.0. The summed E-state index contributed by atoms with van der Waals surface area (Å²) in [6, 6.07) is -0.950. The molecule has 0 radical (unpaired) electrons. The number of piperidine rings is 1. The fourth-order valence-electron chi connectivity index (χ4n) is 2.41. The third kappa shape index (κ3) is 3.65. The molecule has 0 aromatic carbocycles. The Morgan fingerprint density at radius 1 is 1.39 bits per heavy atom. The van der Waals surface area contributed by atoms with Gasteiger partial charge in [0.15, 0.2) is 0 Å². The van der Waals surface area contributed by atoms with E-state index in [0.29, 0.717) is 6.54 Å². The molecular weight excluding hydrogens is 236 g/mol. The molecule has 1 fully saturated rings. The van der Waals surface area contributed by atoms with E-state index in [0.717, 1.165) is 19.4 Å². The van der Waals surface area contributed by atoms with Crippen molar-refractivity contribution in [2.24, 2.45) is 0 Å². The molecule has 6 heteroatoms. The Balaban J connectivity index is 2.72. The van der Waals surface area contributed by atoms with Gasteiger partial charge in [-0.1, -0.05) is 13.3 Å². The molecular formula is C12H24N2O4. The highest BCUT2D eigenvalue weighted by Crippen LogP contribution is 2.19. The molecule has 0 unspecified atom stereocenters. The van der Waals surface area contributed by atoms with Crippen LogP contribution in [0.5, 0.6) is 0 Å². The number of likely N-dealkylation sites (tertiary alicyclic amines) is 1. The van der Waals surface area contributed by atoms with Gasteiger partial charge in [0.2, 0.25) is 5.91 Å². The van der Waals surface area contributed by atoms with Crippen LogP contribution < -0.4 is 5.32 Å². The maximum Gasteiger partial charge on any atom is 0.217 e. The minimum atomic E-state index is -1.04. The van der Waals surface area contributed by atoms with Gasteiger partial charge >= 0.3 is 0 Å². The second kappa shape index (κ2) is 7.04. The molecule has 106 valence electrons. The predicted molar refractivity (Wildman–Crippen MR) is 67.0 cm³/mol. The van der Waals surface area contributed by atoms with Crippen LogP contribution >= 0.6 is 0 Å². The molecule has 6 nitrogen and oxygen atoms in total. The Hall–Kier alpha value is -0.690. The van der Waals surface area contributed by atoms with Crippen LogP contribution in [0.1, 0.15) is 26.7 Å². The SMILES string of the molecule is CCCCN1C[C@@H](NC(C)=O)[C@@H](O)[C@H](O)[C@H]1CO. The highest BCUT2D eigenvalue weighted by atomic mass is 16.3. The number of unbranched alkanes of at least 4 members (excludes halogenated alkanes) is 1. The average molecular weight is 260 g/mol. The van der Waals surface area contributed by atoms with Gasteiger partial charge in [-0.2, -0.15) is 0 Å². The summed E-state index contributed by atoms with van der Waals surface area (Å²) in [6.45, 7) is 4.43. The number of aliphatic hydroxyl groups is 3. The molecule has 0 bridgehead atoms. The Morgan fingerprint density at radius 2 is 2.06 bits per heavy atom. The second-order valence-electron chi connectivity index (χ2n) is 4.89. The van der Waals surface area contributed by atoms with Crippen molar-refractivity contribution in [3.05, 3.63) is 0 Å². The van der Waals surface area contributed by atoms with Gasteiger partial charge in [0.25, 0.3) is 0 Å². The lowest BCUT2D eigenvalue weighted by atomic mass is 9.92. The van der Waals surface area contributed by atoms with Gasteiger partial charge in [-0.3, -0.25) is 9.69 Å². The molecule has 4 atom stereocenters. The van der Waals surface area contributed by atoms with E-state index in [1.165, 1.54) is 6.92 Å². The van der Waals surface area contributed by atoms with Crippen molar-refractivity contribution >= 4 is 5.91 Å². The largest absolute Gasteiger partial charge is 0.395 e. The Bertz CT molecular complexity index is 275. The molecule has 0 aliphatic carbocycles. The molecule has 1 amide bonds. The molecule has 4 N–H and O–H groups in total. The van der Waals surface area contributed by atoms with E-state index < -0.39 is 24.3 Å². The minimum absolute atomic E-state index is 0.200. The standard InChI is InChI=1S/C12H24N2O4/c1-3-4-5-14-6-9(13-8(2)16)11(17)12(18)10(14)7-15/h9-12,15,17-18H,3-7H2,1-2H3,(H,13,16)/t9-,10-,11-,12-/m1/s1. The van der Waals surface area contributed by atoms with Gasteiger partial charge in [-0.05, 0) is 13.0 Å². The molecule has 18 heavy (non-hydrogen) atoms. The normalized spacial score (nSPS) is 33.4. The van der Waals surface area contributed by atoms with E-state index in [-0.39, 0.29) is 12.5 Å². The number of amides is 1. The van der Waals surface area contributed by atoms with Crippen molar-refractivity contribution in [3.8, 4) is 0 Å². The number of carbonyl (C=O) groups excluding carboxylic acids is 1. The van der Waals surface area contributed by atoms with Gasteiger partial charge in [0, 0.05) is 13.5 Å². The van der Waals surface area contributed by atoms with Crippen molar-refractivity contribution in [2.75, 3.05) is 19.7 Å². The van der Waals surface area contributed by atoms with Crippen molar-refractivity contribution in [2.45, 2.75) is 51.0 Å². The van der Waals surface area contributed by atoms with E-state index in [9.17, 15) is 20.1 Å². The molecule has 1 heterocycles. The van der Waals surface area contributed by atoms with Crippen LogP contribution in [0.25, 0.3) is 0 Å². The van der Waals surface area contributed by atoms with Crippen LogP contribution in [0.3, 0.4) is 0 Å². The maximum absolute atomic E-state index is 11.1. The molecule has 1 saturated heterocycles. The molecule has 1 aliphatic rings. The summed E-state index contributed by atoms with van der Waals surface area (Å²) in [5.74, 6) is -0.232. The number of nitrogens with one attached hydrogen (secondary N) is 1. The third-order valence-electron chi connectivity index (χ3n) is 3.43. The summed E-state index contributed by atoms with van der Waals surface area (Å²) in [4.78, 5) is 13.0. The van der Waals surface area contributed by atoms with Crippen LogP contribution in [-0.4, -0.2) is 70.1 Å². The van der Waals surface area contributed by atoms with Gasteiger partial charge in [-0.25, -0.2) is 0 Å². The van der Waals surface area contributed by atoms with Crippen molar-refractivity contribution in [3.63, 3.8) is 0 Å². The number of hydrogen-bond donors (Lipinski definition) is 4. The lowest BCUT2D eigenvalue weighted by Gasteiger charge is -2.45. The van der Waals surface area contributed by atoms with Crippen molar-refractivity contribution in [1.29, 1.82) is 0 Å². The lowest BCUT2D eigenvalue weighted by Crippen LogP contribution is -2.66. The highest BCUT2D eigenvalue weighted by Gasteiger charge is 2.41. The summed E-state index contributed by atoms with van der Waals surface area (Å²) in [7, 11) is 0. The number of nitrogens with zero attached hydrogens (tertiary/aromatic N) is 1. The number of rotatable bonds is 5. The Labute approximate surface area is 108 Å². The maximum atomic E-state index is 11.1. The van der Waals surface area contributed by atoms with Gasteiger partial charge < -0.3 is 20.6 Å². The summed E-state index contributed by atoms with van der Waals surface area (Å²) < 4.78 is 0. The first kappa shape index (κ1) is 15.4. The van der Waals surface area contributed by atoms with Crippen LogP contribution in [0.2, 0.25) is 0 Å². The molecule has 0 aromatic rings. The third-order valence-corrected chi connectivity index (χ3v) is 3.43. The van der Waals surface area contributed by atoms with E-state index in [1.807, 2.05) is 4.90 Å². The molecule has 0 saturated carbocycles. The van der Waals surface area contributed by atoms with Crippen LogP contribution in [0.15, 0.2) is 0 Å². The summed E-state index contributed by atoms with van der Waals surface area (Å²) >= 11 is 0. The molecule has 1 rings (SSSR count). The number of hydrogen-bond acceptors (Lipinski definition) is 5. The zero-order valence-corrected chi connectivity index (χ0v) is 11.0. The van der Waals surface area contributed by atoms with Crippen molar-refractivity contribution < 1.29 is 20.1 Å². The summed E-state index contributed by atoms with van der Waals surface area (Å²) in [6.07, 6.45) is -0.120. The molecule has 1 aliphatic heterocycles. The first-order valence-electron chi connectivity index (χ1n) is 6.49. The quantitative estimate of drug-likeness (QED) is 0.492. The zero-order chi connectivity index (χ0) is 13.7. The second-order valence-corrected chi connectivity index (χ2v) is 4.89. The lowest BCUT2D eigenvalue weighted by molar-refractivity contribution is -0.128. The first-order valence-corrected chi connectivity index (χ1v) is 6.49. The van der Waals surface area contributed by atoms with E-state index in [4.69, 9.17) is 0 Å². The summed E-state index contributed by atoms with van der Waals surface area (Å²) in [5, 5.41) is 31.9.